The normalized spacial score (nSPS) is 17.2. The molecule has 0 saturated carbocycles. The minimum absolute atomic E-state index is 0.403. The molecule has 26 heavy (non-hydrogen) atoms. The molecule has 1 saturated heterocycles. The molecule has 1 heterocycles. The van der Waals surface area contributed by atoms with Gasteiger partial charge in [0.15, 0.2) is 0 Å². The Hall–Kier alpha value is -0.980. The van der Waals surface area contributed by atoms with Crippen molar-refractivity contribution in [3.05, 3.63) is 35.4 Å². The van der Waals surface area contributed by atoms with Crippen LogP contribution in [0.5, 0.6) is 0 Å². The number of benzene rings is 1. The molecule has 0 aromatic heterocycles. The zero-order valence-corrected chi connectivity index (χ0v) is 16.7. The number of hydrogen-bond donors (Lipinski definition) is 1. The topological polar surface area (TPSA) is 45.2 Å². The Morgan fingerprint density at radius 2 is 1.92 bits per heavy atom. The third-order valence-electron chi connectivity index (χ3n) is 4.72. The maximum atomic E-state index is 10.4. The summed E-state index contributed by atoms with van der Waals surface area (Å²) < 4.78 is 11.1. The highest BCUT2D eigenvalue weighted by Gasteiger charge is 2.16. The Kier molecular flexibility index (Phi) is 9.57. The van der Waals surface area contributed by atoms with Crippen molar-refractivity contribution in [3.8, 4) is 0 Å². The van der Waals surface area contributed by atoms with E-state index < -0.39 is 6.10 Å². The standard InChI is InChI=1S/C21H36N2O3/c1-18(2)16-26-17-21(24)15-23(9-8-22-10-12-25-13-11-22)14-20-7-5-4-6-19(20)3/h4-7,18,21,24H,8-17H2,1-3H3/t21-/m0/s1. The summed E-state index contributed by atoms with van der Waals surface area (Å²) in [5, 5.41) is 10.4. The minimum atomic E-state index is -0.456. The quantitative estimate of drug-likeness (QED) is 0.652. The lowest BCUT2D eigenvalue weighted by atomic mass is 10.1. The first-order valence-electron chi connectivity index (χ1n) is 9.87. The van der Waals surface area contributed by atoms with Crippen LogP contribution < -0.4 is 0 Å². The first-order chi connectivity index (χ1) is 12.5. The number of ether oxygens (including phenoxy) is 2. The van der Waals surface area contributed by atoms with E-state index in [-0.39, 0.29) is 0 Å². The predicted octanol–water partition coefficient (Wildman–Crippen LogP) is 2.16. The van der Waals surface area contributed by atoms with Crippen LogP contribution in [0.3, 0.4) is 0 Å². The van der Waals surface area contributed by atoms with Gasteiger partial charge >= 0.3 is 0 Å². The summed E-state index contributed by atoms with van der Waals surface area (Å²) in [7, 11) is 0. The average Bonchev–Trinajstić information content (AvgIpc) is 2.62. The maximum absolute atomic E-state index is 10.4. The minimum Gasteiger partial charge on any atom is -0.389 e. The van der Waals surface area contributed by atoms with Crippen LogP contribution in [0.15, 0.2) is 24.3 Å². The highest BCUT2D eigenvalue weighted by atomic mass is 16.5. The number of aryl methyl sites for hydroxylation is 1. The first kappa shape index (κ1) is 21.3. The Bertz CT molecular complexity index is 504. The summed E-state index contributed by atoms with van der Waals surface area (Å²) in [5.74, 6) is 0.492. The Morgan fingerprint density at radius 1 is 1.19 bits per heavy atom. The fourth-order valence-electron chi connectivity index (χ4n) is 3.16. The Balaban J connectivity index is 1.88. The molecule has 0 radical (unpaired) electrons. The lowest BCUT2D eigenvalue weighted by molar-refractivity contribution is 0.000929. The molecule has 5 nitrogen and oxygen atoms in total. The molecule has 0 aliphatic carbocycles. The molecule has 0 bridgehead atoms. The molecule has 0 spiro atoms. The highest BCUT2D eigenvalue weighted by molar-refractivity contribution is 5.25. The SMILES string of the molecule is Cc1ccccc1CN(CCN1CCOCC1)C[C@H](O)COCC(C)C. The number of morpholine rings is 1. The molecule has 148 valence electrons. The summed E-state index contributed by atoms with van der Waals surface area (Å²) >= 11 is 0. The lowest BCUT2D eigenvalue weighted by Crippen LogP contribution is -2.43. The predicted molar refractivity (Wildman–Crippen MR) is 105 cm³/mol. The van der Waals surface area contributed by atoms with E-state index in [0.717, 1.165) is 45.9 Å². The largest absolute Gasteiger partial charge is 0.389 e. The van der Waals surface area contributed by atoms with Crippen molar-refractivity contribution in [1.82, 2.24) is 9.80 Å². The second-order valence-electron chi connectivity index (χ2n) is 7.70. The summed E-state index contributed by atoms with van der Waals surface area (Å²) in [5.41, 5.74) is 2.62. The molecule has 1 aliphatic rings. The summed E-state index contributed by atoms with van der Waals surface area (Å²) in [4.78, 5) is 4.79. The van der Waals surface area contributed by atoms with Gasteiger partial charge in [-0.15, -0.1) is 0 Å². The lowest BCUT2D eigenvalue weighted by Gasteiger charge is -2.31. The number of rotatable bonds is 11. The van der Waals surface area contributed by atoms with Gasteiger partial charge in [0.25, 0.3) is 0 Å². The number of aliphatic hydroxyl groups excluding tert-OH is 1. The number of aliphatic hydroxyl groups is 1. The molecule has 1 aromatic carbocycles. The van der Waals surface area contributed by atoms with Gasteiger partial charge in [0.05, 0.1) is 25.9 Å². The van der Waals surface area contributed by atoms with Crippen LogP contribution in [0, 0.1) is 12.8 Å². The monoisotopic (exact) mass is 364 g/mol. The van der Waals surface area contributed by atoms with Gasteiger partial charge in [0.2, 0.25) is 0 Å². The van der Waals surface area contributed by atoms with Gasteiger partial charge in [-0.05, 0) is 24.0 Å². The maximum Gasteiger partial charge on any atom is 0.0900 e. The van der Waals surface area contributed by atoms with Gasteiger partial charge in [0, 0.05) is 45.9 Å². The summed E-state index contributed by atoms with van der Waals surface area (Å²) in [6.45, 7) is 14.6. The van der Waals surface area contributed by atoms with E-state index in [9.17, 15) is 5.11 Å². The zero-order chi connectivity index (χ0) is 18.8. The van der Waals surface area contributed by atoms with Crippen molar-refractivity contribution in [1.29, 1.82) is 0 Å². The van der Waals surface area contributed by atoms with E-state index in [4.69, 9.17) is 9.47 Å². The van der Waals surface area contributed by atoms with Gasteiger partial charge in [-0.25, -0.2) is 0 Å². The molecule has 2 rings (SSSR count). The van der Waals surface area contributed by atoms with E-state index in [1.807, 2.05) is 0 Å². The summed E-state index contributed by atoms with van der Waals surface area (Å²) in [6.07, 6.45) is -0.456. The first-order valence-corrected chi connectivity index (χ1v) is 9.87. The number of hydrogen-bond acceptors (Lipinski definition) is 5. The van der Waals surface area contributed by atoms with Crippen molar-refractivity contribution < 1.29 is 14.6 Å². The van der Waals surface area contributed by atoms with E-state index in [1.165, 1.54) is 11.1 Å². The molecule has 0 amide bonds. The Morgan fingerprint density at radius 3 is 2.62 bits per heavy atom. The average molecular weight is 365 g/mol. The van der Waals surface area contributed by atoms with Gasteiger partial charge < -0.3 is 14.6 Å². The molecule has 0 unspecified atom stereocenters. The smallest absolute Gasteiger partial charge is 0.0900 e. The summed E-state index contributed by atoms with van der Waals surface area (Å²) in [6, 6.07) is 8.49. The molecular weight excluding hydrogens is 328 g/mol. The molecule has 5 heteroatoms. The van der Waals surface area contributed by atoms with E-state index in [0.29, 0.717) is 25.7 Å². The van der Waals surface area contributed by atoms with E-state index in [2.05, 4.69) is 54.8 Å². The second-order valence-corrected chi connectivity index (χ2v) is 7.70. The van der Waals surface area contributed by atoms with Crippen LogP contribution in [0.25, 0.3) is 0 Å². The van der Waals surface area contributed by atoms with Crippen molar-refractivity contribution in [3.63, 3.8) is 0 Å². The molecule has 1 aliphatic heterocycles. The van der Waals surface area contributed by atoms with Crippen molar-refractivity contribution in [2.45, 2.75) is 33.4 Å². The molecule has 1 aromatic rings. The van der Waals surface area contributed by atoms with Gasteiger partial charge in [-0.2, -0.15) is 0 Å². The van der Waals surface area contributed by atoms with Crippen LogP contribution in [0.2, 0.25) is 0 Å². The van der Waals surface area contributed by atoms with Gasteiger partial charge in [-0.3, -0.25) is 9.80 Å². The molecular formula is C21H36N2O3. The third-order valence-corrected chi connectivity index (χ3v) is 4.72. The van der Waals surface area contributed by atoms with Crippen LogP contribution in [0.1, 0.15) is 25.0 Å². The van der Waals surface area contributed by atoms with Gasteiger partial charge in [0.1, 0.15) is 0 Å². The third kappa shape index (κ3) is 8.14. The second kappa shape index (κ2) is 11.7. The van der Waals surface area contributed by atoms with E-state index >= 15 is 0 Å². The highest BCUT2D eigenvalue weighted by Crippen LogP contribution is 2.11. The fraction of sp³-hybridized carbons (Fsp3) is 0.714. The molecule has 1 atom stereocenters. The fourth-order valence-corrected chi connectivity index (χ4v) is 3.16. The molecule has 1 N–H and O–H groups in total. The van der Waals surface area contributed by atoms with Crippen LogP contribution in [0.4, 0.5) is 0 Å². The van der Waals surface area contributed by atoms with Crippen molar-refractivity contribution in [2.75, 3.05) is 59.2 Å². The zero-order valence-electron chi connectivity index (χ0n) is 16.7. The molecule has 1 fully saturated rings. The van der Waals surface area contributed by atoms with Gasteiger partial charge in [-0.1, -0.05) is 38.1 Å². The van der Waals surface area contributed by atoms with Crippen LogP contribution in [-0.2, 0) is 16.0 Å². The Labute approximate surface area is 158 Å². The van der Waals surface area contributed by atoms with Crippen molar-refractivity contribution >= 4 is 0 Å². The number of nitrogens with zero attached hydrogens (tertiary/aromatic N) is 2. The van der Waals surface area contributed by atoms with Crippen LogP contribution in [-0.4, -0.2) is 80.2 Å². The van der Waals surface area contributed by atoms with E-state index in [1.54, 1.807) is 0 Å². The van der Waals surface area contributed by atoms with Crippen molar-refractivity contribution in [2.24, 2.45) is 5.92 Å². The van der Waals surface area contributed by atoms with Crippen LogP contribution >= 0.6 is 0 Å².